The van der Waals surface area contributed by atoms with Crippen LogP contribution in [0.4, 0.5) is 0 Å². The third kappa shape index (κ3) is 2.27. The zero-order chi connectivity index (χ0) is 11.4. The molecular weight excluding hydrogens is 188 g/mol. The van der Waals surface area contributed by atoms with Crippen molar-refractivity contribution < 1.29 is 9.53 Å². The summed E-state index contributed by atoms with van der Waals surface area (Å²) in [4.78, 5) is 11.7. The molecule has 0 heterocycles. The minimum absolute atomic E-state index is 0.0463. The summed E-state index contributed by atoms with van der Waals surface area (Å²) >= 11 is 0. The molecule has 0 amide bonds. The first-order valence-corrected chi connectivity index (χ1v) is 4.90. The number of carbonyl (C=O) groups excluding carboxylic acids is 1. The Morgan fingerprint density at radius 3 is 2.67 bits per heavy atom. The molecule has 0 spiro atoms. The molecule has 0 radical (unpaired) electrons. The molecule has 0 N–H and O–H groups in total. The highest BCUT2D eigenvalue weighted by Crippen LogP contribution is 2.27. The van der Waals surface area contributed by atoms with Gasteiger partial charge in [-0.15, -0.1) is 6.58 Å². The third-order valence-corrected chi connectivity index (χ3v) is 2.51. The number of hydrogen-bond acceptors (Lipinski definition) is 2. The fourth-order valence-electron chi connectivity index (χ4n) is 1.51. The van der Waals surface area contributed by atoms with E-state index in [-0.39, 0.29) is 5.78 Å². The molecule has 0 aliphatic carbocycles. The van der Waals surface area contributed by atoms with Crippen molar-refractivity contribution >= 4 is 5.78 Å². The maximum absolute atomic E-state index is 11.7. The van der Waals surface area contributed by atoms with E-state index in [0.29, 0.717) is 17.7 Å². The molecule has 15 heavy (non-hydrogen) atoms. The van der Waals surface area contributed by atoms with Crippen molar-refractivity contribution in [3.05, 3.63) is 41.5 Å². The summed E-state index contributed by atoms with van der Waals surface area (Å²) < 4.78 is 5.27. The molecule has 0 unspecified atom stereocenters. The highest BCUT2D eigenvalue weighted by atomic mass is 16.5. The van der Waals surface area contributed by atoms with Gasteiger partial charge in [-0.1, -0.05) is 12.1 Å². The van der Waals surface area contributed by atoms with Crippen molar-refractivity contribution in [2.24, 2.45) is 0 Å². The lowest BCUT2D eigenvalue weighted by atomic mass is 10.0. The minimum Gasteiger partial charge on any atom is -0.496 e. The molecule has 0 aliphatic rings. The summed E-state index contributed by atoms with van der Waals surface area (Å²) in [6.45, 7) is 7.52. The first-order chi connectivity index (χ1) is 7.11. The van der Waals surface area contributed by atoms with Crippen LogP contribution in [0.25, 0.3) is 0 Å². The van der Waals surface area contributed by atoms with Crippen LogP contribution >= 0.6 is 0 Å². The molecule has 1 rings (SSSR count). The summed E-state index contributed by atoms with van der Waals surface area (Å²) in [5.74, 6) is 0.729. The van der Waals surface area contributed by atoms with Gasteiger partial charge < -0.3 is 4.74 Å². The molecule has 0 aromatic heterocycles. The van der Waals surface area contributed by atoms with Crippen molar-refractivity contribution in [2.45, 2.75) is 20.3 Å². The molecule has 0 fully saturated rings. The van der Waals surface area contributed by atoms with E-state index in [0.717, 1.165) is 11.1 Å². The molecule has 2 heteroatoms. The van der Waals surface area contributed by atoms with Crippen molar-refractivity contribution in [3.8, 4) is 5.75 Å². The number of hydrogen-bond donors (Lipinski definition) is 0. The average molecular weight is 204 g/mol. The predicted molar refractivity (Wildman–Crippen MR) is 61.6 cm³/mol. The minimum atomic E-state index is 0.0463. The number of benzene rings is 1. The van der Waals surface area contributed by atoms with Gasteiger partial charge in [0.25, 0.3) is 0 Å². The summed E-state index contributed by atoms with van der Waals surface area (Å²) in [5.41, 5.74) is 2.79. The SMILES string of the molecule is C=CCC(=O)c1ccc(C)c(C)c1OC. The maximum Gasteiger partial charge on any atom is 0.170 e. The van der Waals surface area contributed by atoms with Crippen LogP contribution < -0.4 is 4.74 Å². The molecule has 0 bridgehead atoms. The molecule has 2 nitrogen and oxygen atoms in total. The molecule has 0 saturated carbocycles. The van der Waals surface area contributed by atoms with E-state index in [1.165, 1.54) is 0 Å². The number of Topliss-reactive ketones (excluding diaryl/α,β-unsaturated/α-hetero) is 1. The standard InChI is InChI=1S/C13H16O2/c1-5-6-12(14)11-8-7-9(2)10(3)13(11)15-4/h5,7-8H,1,6H2,2-4H3. The normalized spacial score (nSPS) is 9.80. The number of rotatable bonds is 4. The Labute approximate surface area is 90.6 Å². The van der Waals surface area contributed by atoms with Crippen LogP contribution in [0, 0.1) is 13.8 Å². The smallest absolute Gasteiger partial charge is 0.170 e. The second kappa shape index (κ2) is 4.78. The maximum atomic E-state index is 11.7. The summed E-state index contributed by atoms with van der Waals surface area (Å²) in [6.07, 6.45) is 1.95. The molecule has 0 atom stereocenters. The first-order valence-electron chi connectivity index (χ1n) is 4.90. The molecule has 1 aromatic carbocycles. The van der Waals surface area contributed by atoms with Crippen LogP contribution in [0.5, 0.6) is 5.75 Å². The molecule has 0 saturated heterocycles. The molecule has 80 valence electrons. The van der Waals surface area contributed by atoms with Crippen LogP contribution in [-0.2, 0) is 0 Å². The van der Waals surface area contributed by atoms with E-state index < -0.39 is 0 Å². The van der Waals surface area contributed by atoms with Gasteiger partial charge in [0.1, 0.15) is 5.75 Å². The van der Waals surface area contributed by atoms with Crippen LogP contribution in [0.1, 0.15) is 27.9 Å². The van der Waals surface area contributed by atoms with Crippen LogP contribution in [-0.4, -0.2) is 12.9 Å². The Morgan fingerprint density at radius 2 is 2.13 bits per heavy atom. The highest BCUT2D eigenvalue weighted by Gasteiger charge is 2.13. The molecule has 1 aromatic rings. The monoisotopic (exact) mass is 204 g/mol. The second-order valence-electron chi connectivity index (χ2n) is 3.50. The highest BCUT2D eigenvalue weighted by molar-refractivity contribution is 6.00. The third-order valence-electron chi connectivity index (χ3n) is 2.51. The van der Waals surface area contributed by atoms with E-state index in [1.807, 2.05) is 26.0 Å². The molecule has 0 aliphatic heterocycles. The Bertz CT molecular complexity index is 392. The fourth-order valence-corrected chi connectivity index (χ4v) is 1.51. The lowest BCUT2D eigenvalue weighted by molar-refractivity contribution is 0.0993. The number of allylic oxidation sites excluding steroid dienone is 1. The van der Waals surface area contributed by atoms with E-state index >= 15 is 0 Å². The lowest BCUT2D eigenvalue weighted by Gasteiger charge is -2.11. The largest absolute Gasteiger partial charge is 0.496 e. The van der Waals surface area contributed by atoms with Gasteiger partial charge in [-0.2, -0.15) is 0 Å². The number of ether oxygens (including phenoxy) is 1. The predicted octanol–water partition coefficient (Wildman–Crippen LogP) is 3.07. The van der Waals surface area contributed by atoms with Crippen molar-refractivity contribution in [3.63, 3.8) is 0 Å². The van der Waals surface area contributed by atoms with Crippen LogP contribution in [0.2, 0.25) is 0 Å². The van der Waals surface area contributed by atoms with Gasteiger partial charge in [-0.3, -0.25) is 4.79 Å². The van der Waals surface area contributed by atoms with Crippen molar-refractivity contribution in [1.82, 2.24) is 0 Å². The Balaban J connectivity index is 3.24. The van der Waals surface area contributed by atoms with E-state index in [9.17, 15) is 4.79 Å². The van der Waals surface area contributed by atoms with E-state index in [4.69, 9.17) is 4.74 Å². The Hall–Kier alpha value is -1.57. The fraction of sp³-hybridized carbons (Fsp3) is 0.308. The quantitative estimate of drug-likeness (QED) is 0.556. The van der Waals surface area contributed by atoms with Crippen molar-refractivity contribution in [2.75, 3.05) is 7.11 Å². The first kappa shape index (κ1) is 11.5. The van der Waals surface area contributed by atoms with Crippen LogP contribution in [0.3, 0.4) is 0 Å². The van der Waals surface area contributed by atoms with Gasteiger partial charge >= 0.3 is 0 Å². The lowest BCUT2D eigenvalue weighted by Crippen LogP contribution is -2.03. The number of methoxy groups -OCH3 is 1. The summed E-state index contributed by atoms with van der Waals surface area (Å²) in [5, 5.41) is 0. The molecular formula is C13H16O2. The summed E-state index contributed by atoms with van der Waals surface area (Å²) in [7, 11) is 1.59. The van der Waals surface area contributed by atoms with Crippen molar-refractivity contribution in [1.29, 1.82) is 0 Å². The number of carbonyl (C=O) groups is 1. The second-order valence-corrected chi connectivity index (χ2v) is 3.50. The van der Waals surface area contributed by atoms with Gasteiger partial charge in [0.05, 0.1) is 12.7 Å². The van der Waals surface area contributed by atoms with Crippen LogP contribution in [0.15, 0.2) is 24.8 Å². The van der Waals surface area contributed by atoms with Gasteiger partial charge in [-0.25, -0.2) is 0 Å². The van der Waals surface area contributed by atoms with Gasteiger partial charge in [-0.05, 0) is 31.0 Å². The summed E-state index contributed by atoms with van der Waals surface area (Å²) in [6, 6.07) is 3.75. The average Bonchev–Trinajstić information content (AvgIpc) is 2.22. The topological polar surface area (TPSA) is 26.3 Å². The van der Waals surface area contributed by atoms with Gasteiger partial charge in [0.15, 0.2) is 5.78 Å². The van der Waals surface area contributed by atoms with E-state index in [2.05, 4.69) is 6.58 Å². The van der Waals surface area contributed by atoms with Gasteiger partial charge in [0, 0.05) is 6.42 Å². The number of ketones is 1. The Kier molecular flexibility index (Phi) is 3.67. The van der Waals surface area contributed by atoms with Gasteiger partial charge in [0.2, 0.25) is 0 Å². The van der Waals surface area contributed by atoms with E-state index in [1.54, 1.807) is 13.2 Å². The number of aryl methyl sites for hydroxylation is 1. The zero-order valence-corrected chi connectivity index (χ0v) is 9.46. The zero-order valence-electron chi connectivity index (χ0n) is 9.46. The Morgan fingerprint density at radius 1 is 1.47 bits per heavy atom.